The van der Waals surface area contributed by atoms with E-state index in [9.17, 15) is 14.4 Å². The van der Waals surface area contributed by atoms with Gasteiger partial charge < -0.3 is 4.74 Å². The van der Waals surface area contributed by atoms with E-state index in [1.165, 1.54) is 0 Å². The number of rotatable bonds is 3. The second-order valence-electron chi connectivity index (χ2n) is 7.73. The molecule has 5 aliphatic rings. The third-order valence-electron chi connectivity index (χ3n) is 6.47. The van der Waals surface area contributed by atoms with Crippen molar-refractivity contribution in [1.29, 1.82) is 0 Å². The maximum Gasteiger partial charge on any atom is 0.334 e. The van der Waals surface area contributed by atoms with Crippen LogP contribution < -0.4 is 4.74 Å². The lowest BCUT2D eigenvalue weighted by Gasteiger charge is -2.37. The Morgan fingerprint density at radius 3 is 2.27 bits per heavy atom. The van der Waals surface area contributed by atoms with Gasteiger partial charge in [-0.05, 0) is 49.1 Å². The van der Waals surface area contributed by atoms with E-state index in [4.69, 9.17) is 16.3 Å². The summed E-state index contributed by atoms with van der Waals surface area (Å²) in [5.41, 5.74) is 0. The highest BCUT2D eigenvalue weighted by Gasteiger charge is 2.67. The van der Waals surface area contributed by atoms with Gasteiger partial charge in [-0.25, -0.2) is 4.79 Å². The number of allylic oxidation sites excluding steroid dienone is 2. The molecular weight excluding hydrogens is 354 g/mol. The molecule has 1 aromatic carbocycles. The first kappa shape index (κ1) is 16.1. The molecule has 6 heteroatoms. The normalized spacial score (nSPS) is 37.4. The number of likely N-dealkylation sites (tertiary alicyclic amines) is 1. The fourth-order valence-electron chi connectivity index (χ4n) is 5.19. The zero-order chi connectivity index (χ0) is 18.2. The molecule has 0 N–H and O–H groups in total. The first-order valence-electron chi connectivity index (χ1n) is 9.00. The minimum Gasteiger partial charge on any atom is -0.423 e. The van der Waals surface area contributed by atoms with Crippen molar-refractivity contribution in [2.45, 2.75) is 19.4 Å². The quantitative estimate of drug-likeness (QED) is 0.354. The van der Waals surface area contributed by atoms with Gasteiger partial charge in [-0.1, -0.05) is 35.9 Å². The van der Waals surface area contributed by atoms with Crippen molar-refractivity contribution in [3.8, 4) is 5.75 Å². The molecule has 7 atom stereocenters. The predicted octanol–water partition coefficient (Wildman–Crippen LogP) is 2.69. The lowest BCUT2D eigenvalue weighted by Crippen LogP contribution is -2.45. The molecule has 6 rings (SSSR count). The summed E-state index contributed by atoms with van der Waals surface area (Å²) < 4.78 is 5.34. The number of benzene rings is 1. The van der Waals surface area contributed by atoms with Crippen LogP contribution in [0, 0.1) is 35.5 Å². The summed E-state index contributed by atoms with van der Waals surface area (Å²) in [4.78, 5) is 39.7. The van der Waals surface area contributed by atoms with E-state index in [-0.39, 0.29) is 41.2 Å². The number of hydrogen-bond donors (Lipinski definition) is 0. The van der Waals surface area contributed by atoms with E-state index in [1.54, 1.807) is 31.2 Å². The number of halogens is 1. The molecule has 5 nitrogen and oxygen atoms in total. The minimum atomic E-state index is -0.965. The molecule has 0 radical (unpaired) electrons. The van der Waals surface area contributed by atoms with Gasteiger partial charge in [-0.3, -0.25) is 14.5 Å². The maximum absolute atomic E-state index is 13.0. The first-order chi connectivity index (χ1) is 12.5. The molecule has 134 valence electrons. The van der Waals surface area contributed by atoms with Gasteiger partial charge >= 0.3 is 5.97 Å². The topological polar surface area (TPSA) is 63.7 Å². The van der Waals surface area contributed by atoms with Gasteiger partial charge in [0.2, 0.25) is 11.8 Å². The lowest BCUT2D eigenvalue weighted by molar-refractivity contribution is -0.152. The molecule has 1 saturated heterocycles. The van der Waals surface area contributed by atoms with Crippen LogP contribution in [0.25, 0.3) is 0 Å². The summed E-state index contributed by atoms with van der Waals surface area (Å²) in [6, 6.07) is 5.67. The van der Waals surface area contributed by atoms with Crippen molar-refractivity contribution in [2.24, 2.45) is 35.5 Å². The Morgan fingerprint density at radius 2 is 1.69 bits per heavy atom. The molecule has 0 spiro atoms. The van der Waals surface area contributed by atoms with Gasteiger partial charge in [0.1, 0.15) is 11.8 Å². The van der Waals surface area contributed by atoms with Gasteiger partial charge in [0, 0.05) is 0 Å². The number of ether oxygens (including phenoxy) is 1. The van der Waals surface area contributed by atoms with Crippen LogP contribution in [0.3, 0.4) is 0 Å². The molecule has 4 aliphatic carbocycles. The molecule has 26 heavy (non-hydrogen) atoms. The second kappa shape index (κ2) is 5.43. The van der Waals surface area contributed by atoms with Crippen molar-refractivity contribution in [3.63, 3.8) is 0 Å². The number of amides is 2. The molecule has 2 saturated carbocycles. The van der Waals surface area contributed by atoms with Crippen LogP contribution in [-0.4, -0.2) is 28.7 Å². The molecule has 0 unspecified atom stereocenters. The monoisotopic (exact) mass is 371 g/mol. The average Bonchev–Trinajstić information content (AvgIpc) is 3.41. The van der Waals surface area contributed by atoms with Crippen molar-refractivity contribution in [1.82, 2.24) is 4.90 Å². The van der Waals surface area contributed by atoms with E-state index >= 15 is 0 Å². The number of hydrogen-bond acceptors (Lipinski definition) is 4. The molecule has 2 amide bonds. The Morgan fingerprint density at radius 1 is 1.12 bits per heavy atom. The number of esters is 1. The smallest absolute Gasteiger partial charge is 0.334 e. The molecule has 1 aliphatic heterocycles. The van der Waals surface area contributed by atoms with Crippen molar-refractivity contribution in [2.75, 3.05) is 0 Å². The predicted molar refractivity (Wildman–Crippen MR) is 93.1 cm³/mol. The number of carbonyl (C=O) groups excluding carboxylic acids is 3. The second-order valence-corrected chi connectivity index (χ2v) is 8.14. The fourth-order valence-corrected chi connectivity index (χ4v) is 5.36. The molecule has 1 aromatic rings. The van der Waals surface area contributed by atoms with Crippen LogP contribution in [0.15, 0.2) is 36.4 Å². The zero-order valence-corrected chi connectivity index (χ0v) is 14.9. The van der Waals surface area contributed by atoms with Gasteiger partial charge in [-0.2, -0.15) is 0 Å². The van der Waals surface area contributed by atoms with Crippen LogP contribution in [0.1, 0.15) is 13.3 Å². The summed E-state index contributed by atoms with van der Waals surface area (Å²) in [5.74, 6) is -0.141. The van der Waals surface area contributed by atoms with Gasteiger partial charge in [0.05, 0.1) is 16.9 Å². The standard InChI is InChI=1S/C20H18ClNO4/c1-9(20(25)26-15-5-3-2-4-14(15)21)22-18(23)16-10-6-7-11(13-8-12(10)13)17(16)19(22)24/h2-7,9-13,16-17H,8H2,1H3/t9-,10+,11+,12-,13+,16-,17-/m0/s1. The van der Waals surface area contributed by atoms with Crippen LogP contribution >= 0.6 is 11.6 Å². The first-order valence-corrected chi connectivity index (χ1v) is 9.38. The van der Waals surface area contributed by atoms with Crippen molar-refractivity contribution in [3.05, 3.63) is 41.4 Å². The zero-order valence-electron chi connectivity index (χ0n) is 14.2. The Hall–Kier alpha value is -2.14. The highest BCUT2D eigenvalue weighted by Crippen LogP contribution is 2.65. The van der Waals surface area contributed by atoms with Gasteiger partial charge in [0.25, 0.3) is 0 Å². The van der Waals surface area contributed by atoms with Crippen LogP contribution in [-0.2, 0) is 14.4 Å². The molecular formula is C20H18ClNO4. The van der Waals surface area contributed by atoms with Crippen molar-refractivity contribution < 1.29 is 19.1 Å². The highest BCUT2D eigenvalue weighted by atomic mass is 35.5. The van der Waals surface area contributed by atoms with E-state index in [1.807, 2.05) is 0 Å². The Labute approximate surface area is 155 Å². The lowest BCUT2D eigenvalue weighted by atomic mass is 9.63. The van der Waals surface area contributed by atoms with Crippen molar-refractivity contribution >= 4 is 29.4 Å². The molecule has 1 heterocycles. The van der Waals surface area contributed by atoms with E-state index in [2.05, 4.69) is 12.2 Å². The van der Waals surface area contributed by atoms with E-state index in [0.29, 0.717) is 16.9 Å². The van der Waals surface area contributed by atoms with Gasteiger partial charge in [0.15, 0.2) is 0 Å². The van der Waals surface area contributed by atoms with E-state index in [0.717, 1.165) is 11.3 Å². The van der Waals surface area contributed by atoms with Crippen LogP contribution in [0.5, 0.6) is 5.75 Å². The Kier molecular flexibility index (Phi) is 3.35. The largest absolute Gasteiger partial charge is 0.423 e. The average molecular weight is 372 g/mol. The molecule has 2 bridgehead atoms. The third-order valence-corrected chi connectivity index (χ3v) is 6.78. The Balaban J connectivity index is 1.39. The third kappa shape index (κ3) is 2.07. The summed E-state index contributed by atoms with van der Waals surface area (Å²) in [6.07, 6.45) is 5.34. The summed E-state index contributed by atoms with van der Waals surface area (Å²) >= 11 is 6.02. The van der Waals surface area contributed by atoms with E-state index < -0.39 is 12.0 Å². The number of imide groups is 1. The number of carbonyl (C=O) groups is 3. The number of nitrogens with zero attached hydrogens (tertiary/aromatic N) is 1. The highest BCUT2D eigenvalue weighted by molar-refractivity contribution is 6.32. The summed E-state index contributed by atoms with van der Waals surface area (Å²) in [5, 5.41) is 0.308. The van der Waals surface area contributed by atoms with Gasteiger partial charge in [-0.15, -0.1) is 0 Å². The fraction of sp³-hybridized carbons (Fsp3) is 0.450. The SMILES string of the molecule is C[C@@H](C(=O)Oc1ccccc1Cl)N1C(=O)[C@H]2[C@@H]3C=C[C@H]([C@@H]4C[C@H]34)[C@@H]2C1=O. The molecule has 0 aromatic heterocycles. The summed E-state index contributed by atoms with van der Waals surface area (Å²) in [7, 11) is 0. The summed E-state index contributed by atoms with van der Waals surface area (Å²) in [6.45, 7) is 1.54. The Bertz CT molecular complexity index is 829. The maximum atomic E-state index is 13.0. The molecule has 3 fully saturated rings. The van der Waals surface area contributed by atoms with Crippen LogP contribution in [0.4, 0.5) is 0 Å². The minimum absolute atomic E-state index is 0.142. The number of para-hydroxylation sites is 1. The van der Waals surface area contributed by atoms with Crippen LogP contribution in [0.2, 0.25) is 5.02 Å².